The Bertz CT molecular complexity index is 1010. The third-order valence-electron chi connectivity index (χ3n) is 6.50. The fourth-order valence-corrected chi connectivity index (χ4v) is 11.6. The van der Waals surface area contributed by atoms with E-state index in [-0.39, 0.29) is 24.8 Å². The van der Waals surface area contributed by atoms with Crippen LogP contribution >= 0.6 is 0 Å². The van der Waals surface area contributed by atoms with Gasteiger partial charge >= 0.3 is 188 Å². The minimum absolute atomic E-state index is 0. The van der Waals surface area contributed by atoms with Gasteiger partial charge in [-0.25, -0.2) is 0 Å². The standard InChI is InChI=1S/2C14H15.2ClH.Hf/c2*1-10-4-7-13(8-5-10)14-9-6-11(2)12(14)3;;;/h2*4-5,7-8H,6H2,1-3H3;2*1H;/q;;;;+2/p-2. The first-order valence-corrected chi connectivity index (χ1v) is 14.1. The van der Waals surface area contributed by atoms with E-state index < -0.39 is 22.9 Å². The van der Waals surface area contributed by atoms with Gasteiger partial charge in [-0.15, -0.1) is 0 Å². The van der Waals surface area contributed by atoms with Crippen molar-refractivity contribution >= 4 is 11.1 Å². The van der Waals surface area contributed by atoms with E-state index in [1.54, 1.807) is 29.0 Å². The molecule has 3 heteroatoms. The van der Waals surface area contributed by atoms with Gasteiger partial charge in [0.1, 0.15) is 0 Å². The van der Waals surface area contributed by atoms with Crippen molar-refractivity contribution in [2.24, 2.45) is 0 Å². The van der Waals surface area contributed by atoms with E-state index in [0.717, 1.165) is 0 Å². The van der Waals surface area contributed by atoms with E-state index in [2.05, 4.69) is 90.1 Å². The predicted octanol–water partition coefficient (Wildman–Crippen LogP) is 2.00. The van der Waals surface area contributed by atoms with Crippen molar-refractivity contribution in [1.82, 2.24) is 0 Å². The van der Waals surface area contributed by atoms with E-state index in [1.165, 1.54) is 46.2 Å². The van der Waals surface area contributed by atoms with Gasteiger partial charge in [0.15, 0.2) is 0 Å². The van der Waals surface area contributed by atoms with Crippen molar-refractivity contribution in [3.63, 3.8) is 0 Å². The first-order chi connectivity index (χ1) is 13.8. The van der Waals surface area contributed by atoms with Gasteiger partial charge < -0.3 is 24.8 Å². The average Bonchev–Trinajstić information content (AvgIpc) is 3.13. The number of allylic oxidation sites excluding steroid dienone is 8. The van der Waals surface area contributed by atoms with E-state index in [0.29, 0.717) is 0 Å². The molecule has 0 bridgehead atoms. The summed E-state index contributed by atoms with van der Waals surface area (Å²) < 4.78 is 3.57. The summed E-state index contributed by atoms with van der Waals surface area (Å²) >= 11 is -1.12. The number of benzene rings is 2. The topological polar surface area (TPSA) is 0 Å². The Morgan fingerprint density at radius 2 is 0.839 bits per heavy atom. The molecule has 0 amide bonds. The van der Waals surface area contributed by atoms with Crippen LogP contribution in [0, 0.1) is 13.8 Å². The van der Waals surface area contributed by atoms with Gasteiger partial charge in [0.25, 0.3) is 0 Å². The molecule has 0 spiro atoms. The van der Waals surface area contributed by atoms with Crippen LogP contribution in [-0.4, -0.2) is 0 Å². The largest absolute Gasteiger partial charge is 1.00 e. The van der Waals surface area contributed by atoms with Gasteiger partial charge in [0, 0.05) is 0 Å². The zero-order chi connectivity index (χ0) is 20.7. The summed E-state index contributed by atoms with van der Waals surface area (Å²) in [7, 11) is 0. The van der Waals surface area contributed by atoms with Crippen molar-refractivity contribution in [3.8, 4) is 0 Å². The molecule has 0 atom stereocenters. The smallest absolute Gasteiger partial charge is 1.00 e. The zero-order valence-corrected chi connectivity index (χ0v) is 24.4. The van der Waals surface area contributed by atoms with E-state index in [9.17, 15) is 0 Å². The first kappa shape index (κ1) is 26.1. The van der Waals surface area contributed by atoms with Gasteiger partial charge in [-0.3, -0.25) is 0 Å². The van der Waals surface area contributed by atoms with Crippen molar-refractivity contribution in [3.05, 3.63) is 99.7 Å². The van der Waals surface area contributed by atoms with Gasteiger partial charge in [0.2, 0.25) is 0 Å². The molecule has 0 aromatic heterocycles. The maximum atomic E-state index is 2.33. The summed E-state index contributed by atoms with van der Waals surface area (Å²) in [4.78, 5) is 0. The van der Waals surface area contributed by atoms with Gasteiger partial charge in [-0.2, -0.15) is 0 Å². The van der Waals surface area contributed by atoms with Crippen molar-refractivity contribution in [2.45, 2.75) is 54.4 Å². The molecule has 0 N–H and O–H groups in total. The summed E-state index contributed by atoms with van der Waals surface area (Å²) in [5.41, 5.74) is 14.8. The van der Waals surface area contributed by atoms with Crippen LogP contribution in [0.1, 0.15) is 62.8 Å². The third kappa shape index (κ3) is 5.27. The molecular weight excluding hydrogens is 586 g/mol. The Labute approximate surface area is 211 Å². The summed E-state index contributed by atoms with van der Waals surface area (Å²) in [5, 5.41) is 0. The quantitative estimate of drug-likeness (QED) is 0.462. The van der Waals surface area contributed by atoms with Gasteiger partial charge in [-0.1, -0.05) is 0 Å². The first-order valence-electron chi connectivity index (χ1n) is 10.6. The SMILES string of the molecule is CC1=C(C)C(c2ccc(C)cc2)=[C]([Hf+2][C]2=C(c3ccc(C)cc3)C(C)=C(C)C2)C1.[Cl-].[Cl-]. The van der Waals surface area contributed by atoms with Crippen LogP contribution in [0.25, 0.3) is 11.1 Å². The Balaban J connectivity index is 0.00000171. The molecule has 0 heterocycles. The van der Waals surface area contributed by atoms with Gasteiger partial charge in [0.05, 0.1) is 0 Å². The van der Waals surface area contributed by atoms with E-state index in [1.807, 2.05) is 0 Å². The van der Waals surface area contributed by atoms with Crippen molar-refractivity contribution in [1.29, 1.82) is 0 Å². The number of rotatable bonds is 4. The number of halogens is 2. The molecule has 0 radical (unpaired) electrons. The van der Waals surface area contributed by atoms with Crippen molar-refractivity contribution in [2.75, 3.05) is 0 Å². The molecule has 160 valence electrons. The Morgan fingerprint density at radius 3 is 1.16 bits per heavy atom. The summed E-state index contributed by atoms with van der Waals surface area (Å²) in [6.07, 6.45) is 2.39. The number of hydrogen-bond donors (Lipinski definition) is 0. The molecule has 0 unspecified atom stereocenters. The molecular formula is C28H30Cl2Hf. The zero-order valence-electron chi connectivity index (χ0n) is 19.3. The van der Waals surface area contributed by atoms with Crippen LogP contribution in [0.5, 0.6) is 0 Å². The maximum Gasteiger partial charge on any atom is -1.00 e. The summed E-state index contributed by atoms with van der Waals surface area (Å²) in [6.45, 7) is 13.7. The molecule has 0 aliphatic heterocycles. The molecule has 0 nitrogen and oxygen atoms in total. The second-order valence-electron chi connectivity index (χ2n) is 8.73. The average molecular weight is 616 g/mol. The van der Waals surface area contributed by atoms with E-state index >= 15 is 0 Å². The minimum Gasteiger partial charge on any atom is -1.00 e. The summed E-state index contributed by atoms with van der Waals surface area (Å²) in [5.74, 6) is 0. The Kier molecular flexibility index (Phi) is 8.96. The number of hydrogen-bond acceptors (Lipinski definition) is 0. The van der Waals surface area contributed by atoms with Crippen LogP contribution < -0.4 is 24.8 Å². The molecule has 0 saturated heterocycles. The predicted molar refractivity (Wildman–Crippen MR) is 122 cm³/mol. The fraction of sp³-hybridized carbons (Fsp3) is 0.286. The van der Waals surface area contributed by atoms with Crippen LogP contribution in [0.4, 0.5) is 0 Å². The second kappa shape index (κ2) is 10.6. The fourth-order valence-electron chi connectivity index (χ4n) is 4.47. The molecule has 2 aliphatic rings. The molecule has 0 saturated carbocycles. The number of aryl methyl sites for hydroxylation is 2. The minimum atomic E-state index is -1.12. The third-order valence-corrected chi connectivity index (χ3v) is 11.7. The molecule has 4 rings (SSSR count). The molecule has 2 aromatic carbocycles. The van der Waals surface area contributed by atoms with Crippen LogP contribution in [0.2, 0.25) is 0 Å². The Hall–Kier alpha value is -1.15. The molecule has 31 heavy (non-hydrogen) atoms. The maximum absolute atomic E-state index is 2.33. The van der Waals surface area contributed by atoms with Crippen LogP contribution in [0.15, 0.2) is 77.5 Å². The Morgan fingerprint density at radius 1 is 0.516 bits per heavy atom. The van der Waals surface area contributed by atoms with Gasteiger partial charge in [-0.05, 0) is 0 Å². The van der Waals surface area contributed by atoms with Crippen LogP contribution in [0.3, 0.4) is 0 Å². The van der Waals surface area contributed by atoms with Crippen LogP contribution in [-0.2, 0) is 22.9 Å². The van der Waals surface area contributed by atoms with Crippen molar-refractivity contribution < 1.29 is 47.7 Å². The summed E-state index contributed by atoms with van der Waals surface area (Å²) in [6, 6.07) is 18.4. The molecule has 2 aliphatic carbocycles. The van der Waals surface area contributed by atoms with E-state index in [4.69, 9.17) is 0 Å². The normalized spacial score (nSPS) is 15.9. The molecule has 0 fully saturated rings. The monoisotopic (exact) mass is 616 g/mol. The second-order valence-corrected chi connectivity index (χ2v) is 14.0. The molecule has 2 aromatic rings.